The Morgan fingerprint density at radius 3 is 2.29 bits per heavy atom. The molecule has 2 heterocycles. The Morgan fingerprint density at radius 1 is 1.05 bits per heavy atom. The molecule has 2 aliphatic heterocycles. The van der Waals surface area contributed by atoms with Crippen LogP contribution in [0.3, 0.4) is 0 Å². The van der Waals surface area contributed by atoms with E-state index in [9.17, 15) is 14.7 Å². The molecule has 21 heavy (non-hydrogen) atoms. The first-order chi connectivity index (χ1) is 10.1. The number of ketones is 2. The SMILES string of the molecule is Cc1ccc2c(c1N1CC1)C(=O)C(CO)=C(N1CC1)C2=O. The Hall–Kier alpha value is -2.14. The number of aryl methyl sites for hydroxylation is 1. The summed E-state index contributed by atoms with van der Waals surface area (Å²) >= 11 is 0. The summed E-state index contributed by atoms with van der Waals surface area (Å²) in [6.45, 7) is 4.94. The van der Waals surface area contributed by atoms with Gasteiger partial charge in [0.05, 0.1) is 29.1 Å². The van der Waals surface area contributed by atoms with Crippen LogP contribution in [0.1, 0.15) is 26.3 Å². The van der Waals surface area contributed by atoms with E-state index in [1.807, 2.05) is 17.9 Å². The van der Waals surface area contributed by atoms with E-state index in [2.05, 4.69) is 4.90 Å². The lowest BCUT2D eigenvalue weighted by Crippen LogP contribution is -2.28. The topological polar surface area (TPSA) is 60.4 Å². The van der Waals surface area contributed by atoms with Gasteiger partial charge < -0.3 is 14.9 Å². The number of nitrogens with zero attached hydrogens (tertiary/aromatic N) is 2. The number of hydrogen-bond donors (Lipinski definition) is 1. The molecule has 5 heteroatoms. The van der Waals surface area contributed by atoms with E-state index in [4.69, 9.17) is 0 Å². The maximum Gasteiger partial charge on any atom is 0.210 e. The third kappa shape index (κ3) is 1.74. The van der Waals surface area contributed by atoms with Crippen molar-refractivity contribution < 1.29 is 14.7 Å². The summed E-state index contributed by atoms with van der Waals surface area (Å²) in [7, 11) is 0. The first-order valence-electron chi connectivity index (χ1n) is 7.20. The molecule has 1 aromatic carbocycles. The van der Waals surface area contributed by atoms with Gasteiger partial charge in [-0.2, -0.15) is 0 Å². The zero-order valence-electron chi connectivity index (χ0n) is 11.8. The van der Waals surface area contributed by atoms with Gasteiger partial charge in [0.25, 0.3) is 0 Å². The van der Waals surface area contributed by atoms with Crippen molar-refractivity contribution >= 4 is 17.3 Å². The molecule has 1 aliphatic carbocycles. The van der Waals surface area contributed by atoms with Gasteiger partial charge >= 0.3 is 0 Å². The Morgan fingerprint density at radius 2 is 1.71 bits per heavy atom. The highest BCUT2D eigenvalue weighted by Crippen LogP contribution is 2.39. The van der Waals surface area contributed by atoms with Gasteiger partial charge in [-0.1, -0.05) is 6.07 Å². The van der Waals surface area contributed by atoms with E-state index in [1.54, 1.807) is 6.07 Å². The number of hydrogen-bond acceptors (Lipinski definition) is 5. The lowest BCUT2D eigenvalue weighted by Gasteiger charge is -2.24. The van der Waals surface area contributed by atoms with Crippen LogP contribution in [-0.2, 0) is 0 Å². The summed E-state index contributed by atoms with van der Waals surface area (Å²) in [6.07, 6.45) is 0. The molecule has 0 atom stereocenters. The van der Waals surface area contributed by atoms with Crippen molar-refractivity contribution in [3.63, 3.8) is 0 Å². The van der Waals surface area contributed by atoms with Gasteiger partial charge in [0.1, 0.15) is 0 Å². The summed E-state index contributed by atoms with van der Waals surface area (Å²) in [5.41, 5.74) is 3.47. The minimum Gasteiger partial charge on any atom is -0.391 e. The fourth-order valence-corrected chi connectivity index (χ4v) is 3.07. The van der Waals surface area contributed by atoms with Crippen molar-refractivity contribution in [2.45, 2.75) is 6.92 Å². The first-order valence-corrected chi connectivity index (χ1v) is 7.20. The third-order valence-corrected chi connectivity index (χ3v) is 4.31. The van der Waals surface area contributed by atoms with Crippen molar-refractivity contribution in [3.05, 3.63) is 40.1 Å². The zero-order valence-corrected chi connectivity index (χ0v) is 11.8. The van der Waals surface area contributed by atoms with Gasteiger partial charge in [-0.25, -0.2) is 0 Å². The molecule has 0 saturated carbocycles. The summed E-state index contributed by atoms with van der Waals surface area (Å²) < 4.78 is 0. The number of benzene rings is 1. The standard InChI is InChI=1S/C16H16N2O3/c1-9-2-3-10-12(13(9)17-4-5-17)15(20)11(8-19)14(16(10)21)18-6-7-18/h2-3,19H,4-8H2,1H3. The van der Waals surface area contributed by atoms with Crippen molar-refractivity contribution in [3.8, 4) is 0 Å². The summed E-state index contributed by atoms with van der Waals surface area (Å²) in [5.74, 6) is -0.325. The molecule has 0 spiro atoms. The van der Waals surface area contributed by atoms with Crippen LogP contribution in [0.2, 0.25) is 0 Å². The molecule has 0 radical (unpaired) electrons. The molecule has 3 aliphatic rings. The molecule has 1 aromatic rings. The molecule has 2 fully saturated rings. The average molecular weight is 284 g/mol. The molecule has 1 N–H and O–H groups in total. The number of carbonyl (C=O) groups excluding carboxylic acids is 2. The minimum atomic E-state index is -0.386. The minimum absolute atomic E-state index is 0.130. The fraction of sp³-hybridized carbons (Fsp3) is 0.375. The number of rotatable bonds is 3. The predicted octanol–water partition coefficient (Wildman–Crippen LogP) is 0.756. The molecule has 5 nitrogen and oxygen atoms in total. The number of fused-ring (bicyclic) bond motifs is 1. The number of aliphatic hydroxyl groups excluding tert-OH is 1. The monoisotopic (exact) mass is 284 g/mol. The lowest BCUT2D eigenvalue weighted by atomic mass is 9.84. The molecular formula is C16H16N2O3. The summed E-state index contributed by atoms with van der Waals surface area (Å²) in [5, 5.41) is 9.60. The molecule has 108 valence electrons. The van der Waals surface area contributed by atoms with Crippen molar-refractivity contribution in [2.75, 3.05) is 37.7 Å². The van der Waals surface area contributed by atoms with Crippen LogP contribution in [0.4, 0.5) is 5.69 Å². The second-order valence-corrected chi connectivity index (χ2v) is 5.77. The first kappa shape index (κ1) is 12.6. The van der Waals surface area contributed by atoms with Crippen molar-refractivity contribution in [2.24, 2.45) is 0 Å². The highest BCUT2D eigenvalue weighted by Gasteiger charge is 2.41. The molecule has 0 bridgehead atoms. The normalized spacial score (nSPS) is 20.1. The van der Waals surface area contributed by atoms with Crippen LogP contribution < -0.4 is 4.90 Å². The number of Topliss-reactive ketones (excluding diaryl/α,β-unsaturated/α-hetero) is 2. The van der Waals surface area contributed by atoms with E-state index >= 15 is 0 Å². The van der Waals surface area contributed by atoms with Crippen molar-refractivity contribution in [1.29, 1.82) is 0 Å². The highest BCUT2D eigenvalue weighted by molar-refractivity contribution is 6.29. The second-order valence-electron chi connectivity index (χ2n) is 5.77. The van der Waals surface area contributed by atoms with Gasteiger partial charge in [0.15, 0.2) is 5.78 Å². The molecule has 2 saturated heterocycles. The predicted molar refractivity (Wildman–Crippen MR) is 77.7 cm³/mol. The number of aliphatic hydroxyl groups is 1. The maximum absolute atomic E-state index is 12.8. The van der Waals surface area contributed by atoms with Crippen LogP contribution in [-0.4, -0.2) is 54.4 Å². The molecule has 0 aromatic heterocycles. The van der Waals surface area contributed by atoms with Gasteiger partial charge in [0, 0.05) is 31.7 Å². The molecular weight excluding hydrogens is 268 g/mol. The number of carbonyl (C=O) groups is 2. The van der Waals surface area contributed by atoms with Crippen molar-refractivity contribution in [1.82, 2.24) is 4.90 Å². The summed E-state index contributed by atoms with van der Waals surface area (Å²) in [6, 6.07) is 3.65. The summed E-state index contributed by atoms with van der Waals surface area (Å²) in [4.78, 5) is 29.5. The molecule has 0 unspecified atom stereocenters. The second kappa shape index (κ2) is 4.18. The highest BCUT2D eigenvalue weighted by atomic mass is 16.3. The van der Waals surface area contributed by atoms with Crippen LogP contribution in [0.15, 0.2) is 23.4 Å². The largest absolute Gasteiger partial charge is 0.391 e. The maximum atomic E-state index is 12.8. The fourth-order valence-electron chi connectivity index (χ4n) is 3.07. The Balaban J connectivity index is 1.96. The van der Waals surface area contributed by atoms with E-state index < -0.39 is 0 Å². The number of allylic oxidation sites excluding steroid dienone is 1. The van der Waals surface area contributed by atoms with E-state index in [1.165, 1.54) is 0 Å². The Kier molecular flexibility index (Phi) is 2.50. The smallest absolute Gasteiger partial charge is 0.210 e. The van der Waals surface area contributed by atoms with E-state index in [0.717, 1.165) is 37.4 Å². The van der Waals surface area contributed by atoms with Gasteiger partial charge in [-0.05, 0) is 18.6 Å². The molecule has 0 amide bonds. The molecule has 4 rings (SSSR count). The lowest BCUT2D eigenvalue weighted by molar-refractivity contribution is 0.0949. The van der Waals surface area contributed by atoms with Crippen LogP contribution in [0.5, 0.6) is 0 Å². The van der Waals surface area contributed by atoms with Crippen LogP contribution in [0, 0.1) is 6.92 Å². The number of anilines is 1. The average Bonchev–Trinajstić information content (AvgIpc) is 3.35. The Labute approximate surface area is 122 Å². The third-order valence-electron chi connectivity index (χ3n) is 4.31. The van der Waals surface area contributed by atoms with E-state index in [0.29, 0.717) is 16.8 Å². The Bertz CT molecular complexity index is 712. The van der Waals surface area contributed by atoms with Crippen LogP contribution in [0.25, 0.3) is 0 Å². The van der Waals surface area contributed by atoms with Gasteiger partial charge in [0.2, 0.25) is 5.78 Å². The van der Waals surface area contributed by atoms with Gasteiger partial charge in [-0.15, -0.1) is 0 Å². The van der Waals surface area contributed by atoms with E-state index in [-0.39, 0.29) is 23.7 Å². The van der Waals surface area contributed by atoms with Crippen LogP contribution >= 0.6 is 0 Å². The van der Waals surface area contributed by atoms with Gasteiger partial charge in [-0.3, -0.25) is 9.59 Å². The zero-order chi connectivity index (χ0) is 14.7. The quantitative estimate of drug-likeness (QED) is 0.830.